The molecule has 0 saturated carbocycles. The predicted octanol–water partition coefficient (Wildman–Crippen LogP) is 8.15. The summed E-state index contributed by atoms with van der Waals surface area (Å²) in [7, 11) is -11.3. The highest BCUT2D eigenvalue weighted by atomic mass is 31.3. The predicted molar refractivity (Wildman–Crippen MR) is 281 cm³/mol. The zero-order chi connectivity index (χ0) is 55.1. The van der Waals surface area contributed by atoms with E-state index in [-0.39, 0.29) is 25.1 Å². The number of phosphoric acid groups is 2. The Hall–Kier alpha value is -3.43. The number of esters is 2. The Morgan fingerprint density at radius 3 is 2.13 bits per heavy atom. The molecule has 3 heterocycles. The van der Waals surface area contributed by atoms with Gasteiger partial charge in [-0.3, -0.25) is 28.0 Å². The third-order valence-electron chi connectivity index (χ3n) is 13.1. The molecule has 2 aliphatic heterocycles. The lowest BCUT2D eigenvalue weighted by atomic mass is 9.83. The van der Waals surface area contributed by atoms with Gasteiger partial charge in [-0.05, 0) is 63.9 Å². The molecular weight excluding hydrogens is 1020 g/mol. The number of nitrogens with zero attached hydrogens (tertiary/aromatic N) is 2. The Morgan fingerprint density at radius 2 is 1.45 bits per heavy atom. The molecule has 75 heavy (non-hydrogen) atoms. The van der Waals surface area contributed by atoms with Crippen LogP contribution in [0.5, 0.6) is 0 Å². The number of Topliss-reactive ketones (excluding diaryl/α,β-unsaturated/α-hetero) is 1. The zero-order valence-electron chi connectivity index (χ0n) is 44.1. The van der Waals surface area contributed by atoms with E-state index in [1.807, 2.05) is 6.92 Å². The van der Waals surface area contributed by atoms with Crippen LogP contribution in [0.3, 0.4) is 0 Å². The molecule has 2 bridgehead atoms. The third kappa shape index (κ3) is 27.1. The van der Waals surface area contributed by atoms with Gasteiger partial charge in [0.2, 0.25) is 0 Å². The second-order valence-electron chi connectivity index (χ2n) is 19.5. The maximum atomic E-state index is 14.0. The molecule has 3 rings (SSSR count). The SMILES string of the molecule is CCCCC/C=C\C/C=C\CCCCCCCCCC(=O)O[C@@H]1COC(=O)CCCCCC[C@@H]2[C@H](n3ccc(N)nc3=O)O[C@H](COP(=O)(O)OP(=O)(O)OC1)[C@@H](O)[C@@H](O)[C@@H](/C=C/[C@@H](O)CCCCC)C(=O)C[C@@H]2O. The maximum Gasteiger partial charge on any atom is 0.481 e. The molecule has 2 unspecified atom stereocenters. The van der Waals surface area contributed by atoms with Crippen molar-refractivity contribution in [2.24, 2.45) is 11.8 Å². The lowest BCUT2D eigenvalue weighted by molar-refractivity contribution is -0.188. The van der Waals surface area contributed by atoms with Gasteiger partial charge in [-0.1, -0.05) is 134 Å². The number of carbonyl (C=O) groups excluding carboxylic acids is 3. The number of ketones is 1. The number of phosphoric ester groups is 2. The van der Waals surface area contributed by atoms with Gasteiger partial charge >= 0.3 is 33.3 Å². The number of anilines is 1. The van der Waals surface area contributed by atoms with Crippen LogP contribution in [0.15, 0.2) is 53.5 Å². The molecule has 2 fully saturated rings. The van der Waals surface area contributed by atoms with E-state index in [0.29, 0.717) is 44.9 Å². The normalized spacial score (nSPS) is 29.1. The van der Waals surface area contributed by atoms with E-state index in [9.17, 15) is 58.5 Å². The molecule has 1 aromatic rings. The summed E-state index contributed by atoms with van der Waals surface area (Å²) < 4.78 is 59.2. The van der Waals surface area contributed by atoms with Crippen molar-refractivity contribution in [1.29, 1.82) is 0 Å². The smallest absolute Gasteiger partial charge is 0.462 e. The van der Waals surface area contributed by atoms with Crippen LogP contribution in [-0.4, -0.2) is 114 Å². The second kappa shape index (κ2) is 36.6. The highest BCUT2D eigenvalue weighted by Crippen LogP contribution is 2.60. The summed E-state index contributed by atoms with van der Waals surface area (Å²) in [6.07, 6.45) is 17.6. The molecule has 0 spiro atoms. The fraction of sp³-hybridized carbons (Fsp3) is 0.750. The average molecular weight is 1100 g/mol. The van der Waals surface area contributed by atoms with Gasteiger partial charge in [-0.2, -0.15) is 9.29 Å². The van der Waals surface area contributed by atoms with Crippen LogP contribution in [0.1, 0.15) is 181 Å². The lowest BCUT2D eigenvalue weighted by Gasteiger charge is -2.39. The molecule has 428 valence electrons. The monoisotopic (exact) mass is 1100 g/mol. The van der Waals surface area contributed by atoms with E-state index in [1.165, 1.54) is 43.7 Å². The molecule has 2 aliphatic rings. The van der Waals surface area contributed by atoms with Crippen LogP contribution < -0.4 is 11.4 Å². The number of aromatic nitrogens is 2. The Bertz CT molecular complexity index is 2070. The number of aliphatic hydroxyl groups is 4. The first kappa shape index (κ1) is 65.9. The van der Waals surface area contributed by atoms with Crippen LogP contribution in [0.4, 0.5) is 5.82 Å². The van der Waals surface area contributed by atoms with Crippen molar-refractivity contribution in [2.45, 2.75) is 217 Å². The van der Waals surface area contributed by atoms with E-state index in [2.05, 4.69) is 40.5 Å². The summed E-state index contributed by atoms with van der Waals surface area (Å²) in [5.74, 6) is -5.06. The van der Waals surface area contributed by atoms with Crippen molar-refractivity contribution < 1.29 is 81.3 Å². The molecule has 0 aliphatic carbocycles. The largest absolute Gasteiger partial charge is 0.481 e. The van der Waals surface area contributed by atoms with E-state index < -0.39 is 120 Å². The Morgan fingerprint density at radius 1 is 0.827 bits per heavy atom. The van der Waals surface area contributed by atoms with Crippen molar-refractivity contribution in [1.82, 2.24) is 9.55 Å². The highest BCUT2D eigenvalue weighted by molar-refractivity contribution is 7.61. The molecule has 0 amide bonds. The van der Waals surface area contributed by atoms with Gasteiger partial charge in [0.05, 0.1) is 37.4 Å². The van der Waals surface area contributed by atoms with Crippen LogP contribution >= 0.6 is 15.6 Å². The molecule has 11 atom stereocenters. The number of hydrogen-bond donors (Lipinski definition) is 7. The number of ether oxygens (including phenoxy) is 3. The van der Waals surface area contributed by atoms with Crippen molar-refractivity contribution in [3.8, 4) is 0 Å². The summed E-state index contributed by atoms with van der Waals surface area (Å²) >= 11 is 0. The van der Waals surface area contributed by atoms with Crippen LogP contribution in [-0.2, 0) is 51.1 Å². The fourth-order valence-corrected chi connectivity index (χ4v) is 10.9. The minimum absolute atomic E-state index is 0.00649. The lowest BCUT2D eigenvalue weighted by Crippen LogP contribution is -2.51. The summed E-state index contributed by atoms with van der Waals surface area (Å²) in [4.78, 5) is 78.3. The number of carbonyl (C=O) groups is 3. The van der Waals surface area contributed by atoms with E-state index in [4.69, 9.17) is 29.0 Å². The summed E-state index contributed by atoms with van der Waals surface area (Å²) in [6.45, 7) is 1.45. The number of nitrogen functional groups attached to an aromatic ring is 1. The average Bonchev–Trinajstić information content (AvgIpc) is 3.35. The summed E-state index contributed by atoms with van der Waals surface area (Å²) in [5.41, 5.74) is 4.78. The number of unbranched alkanes of at least 4 members (excludes halogenated alkanes) is 12. The van der Waals surface area contributed by atoms with Gasteiger partial charge in [0, 0.05) is 31.4 Å². The van der Waals surface area contributed by atoms with Gasteiger partial charge in [0.25, 0.3) is 0 Å². The Balaban J connectivity index is 1.75. The maximum absolute atomic E-state index is 14.0. The molecule has 1 aromatic heterocycles. The van der Waals surface area contributed by atoms with Gasteiger partial charge in [-0.15, -0.1) is 0 Å². The standard InChI is InChI=1S/C52H87N3O18P2/c1-3-5-7-8-9-10-11-12-13-14-15-16-17-18-19-20-26-30-48(60)71-40-36-68-47(59)29-25-22-21-24-28-42-44(58)35-43(57)41(32-31-39(56)27-23-6-4-2)49(61)50(62)45(38-70-75(66,67)73-74(64,65)69-37-40)72-51(42)55-34-33-46(53)54-52(55)63/h9-10,12-13,31-34,39-42,44-45,49-51,56,58,61-62H,3-8,11,14-30,35-38H2,1-2H3,(H,64,65)(H,66,67)(H2,53,54,63)/b10-9-,13-12-,32-31+/t39-,40+,41-,42-,44-,45+,49-,50+,51+/m0/s1. The van der Waals surface area contributed by atoms with Gasteiger partial charge in [-0.25, -0.2) is 13.9 Å². The summed E-state index contributed by atoms with van der Waals surface area (Å²) in [5, 5.41) is 45.8. The third-order valence-corrected chi connectivity index (χ3v) is 15.7. The van der Waals surface area contributed by atoms with Gasteiger partial charge < -0.3 is 50.2 Å². The van der Waals surface area contributed by atoms with Crippen molar-refractivity contribution in [3.63, 3.8) is 0 Å². The number of hydrogen-bond acceptors (Lipinski definition) is 18. The van der Waals surface area contributed by atoms with Crippen LogP contribution in [0.25, 0.3) is 0 Å². The van der Waals surface area contributed by atoms with E-state index in [1.54, 1.807) is 0 Å². The molecule has 0 aromatic carbocycles. The summed E-state index contributed by atoms with van der Waals surface area (Å²) in [6, 6.07) is 1.24. The minimum atomic E-state index is -5.72. The highest BCUT2D eigenvalue weighted by Gasteiger charge is 2.45. The number of allylic oxidation sites excluding steroid dienone is 4. The molecule has 2 saturated heterocycles. The number of aliphatic hydroxyl groups excluding tert-OH is 4. The number of fused-ring (bicyclic) bond motifs is 3. The zero-order valence-corrected chi connectivity index (χ0v) is 45.9. The van der Waals surface area contributed by atoms with Crippen molar-refractivity contribution >= 4 is 39.2 Å². The van der Waals surface area contributed by atoms with E-state index in [0.717, 1.165) is 75.2 Å². The number of cyclic esters (lactones) is 1. The van der Waals surface area contributed by atoms with E-state index >= 15 is 0 Å². The molecule has 21 nitrogen and oxygen atoms in total. The molecule has 23 heteroatoms. The Kier molecular flexibility index (Phi) is 32.2. The molecular formula is C52H87N3O18P2. The number of nitrogens with two attached hydrogens (primary N) is 1. The van der Waals surface area contributed by atoms with Gasteiger partial charge in [0.15, 0.2) is 6.10 Å². The van der Waals surface area contributed by atoms with Gasteiger partial charge in [0.1, 0.15) is 36.6 Å². The van der Waals surface area contributed by atoms with Crippen molar-refractivity contribution in [2.75, 3.05) is 25.6 Å². The minimum Gasteiger partial charge on any atom is -0.462 e. The first-order valence-corrected chi connectivity index (χ1v) is 30.1. The molecule has 8 N–H and O–H groups in total. The second-order valence-corrected chi connectivity index (χ2v) is 22.6. The van der Waals surface area contributed by atoms with Crippen molar-refractivity contribution in [3.05, 3.63) is 59.2 Å². The Labute approximate surface area is 442 Å². The molecule has 0 radical (unpaired) electrons. The topological polar surface area (TPSA) is 323 Å². The number of rotatable bonds is 24. The van der Waals surface area contributed by atoms with Crippen LogP contribution in [0.2, 0.25) is 0 Å². The van der Waals surface area contributed by atoms with Crippen LogP contribution in [0, 0.1) is 11.8 Å². The first-order chi connectivity index (χ1) is 35.9. The fourth-order valence-electron chi connectivity index (χ4n) is 8.78. The quantitative estimate of drug-likeness (QED) is 0.0222. The first-order valence-electron chi connectivity index (χ1n) is 27.1.